The van der Waals surface area contributed by atoms with Gasteiger partial charge in [-0.2, -0.15) is 0 Å². The van der Waals surface area contributed by atoms with Crippen LogP contribution in [0.1, 0.15) is 30.6 Å². The molecular weight excluding hydrogens is 232 g/mol. The monoisotopic (exact) mass is 250 g/mol. The number of hydrogen-bond acceptors (Lipinski definition) is 4. The Bertz CT molecular complexity index is 408. The summed E-state index contributed by atoms with van der Waals surface area (Å²) in [5.74, 6) is -0.714. The molecule has 0 saturated heterocycles. The van der Waals surface area contributed by atoms with Gasteiger partial charge in [0.25, 0.3) is 0 Å². The molecule has 0 radical (unpaired) electrons. The summed E-state index contributed by atoms with van der Waals surface area (Å²) in [7, 11) is 1.56. The van der Waals surface area contributed by atoms with Gasteiger partial charge >= 0.3 is 5.97 Å². The molecule has 0 bridgehead atoms. The van der Waals surface area contributed by atoms with Crippen molar-refractivity contribution in [1.29, 1.82) is 0 Å². The lowest BCUT2D eigenvalue weighted by Gasteiger charge is -2.12. The van der Waals surface area contributed by atoms with E-state index >= 15 is 0 Å². The number of methoxy groups -OCH3 is 1. The maximum Gasteiger partial charge on any atom is 0.316 e. The van der Waals surface area contributed by atoms with Crippen molar-refractivity contribution in [3.05, 3.63) is 29.8 Å². The minimum atomic E-state index is -0.724. The van der Waals surface area contributed by atoms with E-state index in [0.717, 1.165) is 0 Å². The van der Waals surface area contributed by atoms with Crippen LogP contribution in [0.25, 0.3) is 0 Å². The van der Waals surface area contributed by atoms with Crippen molar-refractivity contribution in [3.8, 4) is 5.75 Å². The Morgan fingerprint density at radius 3 is 2.22 bits per heavy atom. The number of ketones is 1. The second kappa shape index (κ2) is 6.79. The summed E-state index contributed by atoms with van der Waals surface area (Å²) < 4.78 is 9.92. The number of benzene rings is 1. The zero-order valence-corrected chi connectivity index (χ0v) is 10.9. The second-order valence-electron chi connectivity index (χ2n) is 3.81. The highest BCUT2D eigenvalue weighted by Gasteiger charge is 2.26. The van der Waals surface area contributed by atoms with Crippen LogP contribution in [0, 0.1) is 5.92 Å². The van der Waals surface area contributed by atoms with Crippen molar-refractivity contribution in [3.63, 3.8) is 0 Å². The number of ether oxygens (including phenoxy) is 2. The van der Waals surface area contributed by atoms with Crippen LogP contribution in [0.15, 0.2) is 24.3 Å². The number of Topliss-reactive ketones (excluding diaryl/α,β-unsaturated/α-hetero) is 1. The van der Waals surface area contributed by atoms with Gasteiger partial charge in [-0.15, -0.1) is 0 Å². The maximum atomic E-state index is 12.2. The molecule has 0 N–H and O–H groups in total. The van der Waals surface area contributed by atoms with Crippen LogP contribution in [0.2, 0.25) is 0 Å². The molecule has 1 aromatic carbocycles. The van der Waals surface area contributed by atoms with Crippen LogP contribution in [-0.4, -0.2) is 25.5 Å². The molecule has 0 aliphatic heterocycles. The van der Waals surface area contributed by atoms with Gasteiger partial charge in [-0.1, -0.05) is 6.92 Å². The average molecular weight is 250 g/mol. The third-order valence-electron chi connectivity index (χ3n) is 2.67. The molecule has 0 saturated carbocycles. The normalized spacial score (nSPS) is 11.7. The van der Waals surface area contributed by atoms with Gasteiger partial charge in [0.15, 0.2) is 5.78 Å². The summed E-state index contributed by atoms with van der Waals surface area (Å²) in [6, 6.07) is 6.71. The topological polar surface area (TPSA) is 52.6 Å². The van der Waals surface area contributed by atoms with Crippen molar-refractivity contribution >= 4 is 11.8 Å². The summed E-state index contributed by atoms with van der Waals surface area (Å²) in [5, 5.41) is 0. The molecule has 98 valence electrons. The predicted octanol–water partition coefficient (Wildman–Crippen LogP) is 2.47. The zero-order chi connectivity index (χ0) is 13.5. The lowest BCUT2D eigenvalue weighted by molar-refractivity contribution is -0.146. The average Bonchev–Trinajstić information content (AvgIpc) is 2.40. The number of esters is 1. The van der Waals surface area contributed by atoms with Crippen molar-refractivity contribution in [2.45, 2.75) is 20.3 Å². The Labute approximate surface area is 107 Å². The fourth-order valence-electron chi connectivity index (χ4n) is 1.66. The Morgan fingerprint density at radius 2 is 1.78 bits per heavy atom. The first-order valence-electron chi connectivity index (χ1n) is 5.98. The number of carbonyl (C=O) groups is 2. The first-order chi connectivity index (χ1) is 8.63. The molecular formula is C14H18O4. The molecule has 1 unspecified atom stereocenters. The third-order valence-corrected chi connectivity index (χ3v) is 2.67. The highest BCUT2D eigenvalue weighted by atomic mass is 16.5. The standard InChI is InChI=1S/C14H18O4/c1-4-12(14(16)18-5-2)13(15)10-6-8-11(17-3)9-7-10/h6-9,12H,4-5H2,1-3H3. The van der Waals surface area contributed by atoms with E-state index in [1.54, 1.807) is 45.2 Å². The van der Waals surface area contributed by atoms with Crippen LogP contribution in [0.5, 0.6) is 5.75 Å². The van der Waals surface area contributed by atoms with Gasteiger partial charge in [0.1, 0.15) is 11.7 Å². The minimum Gasteiger partial charge on any atom is -0.497 e. The fraction of sp³-hybridized carbons (Fsp3) is 0.429. The van der Waals surface area contributed by atoms with Crippen LogP contribution < -0.4 is 4.74 Å². The van der Waals surface area contributed by atoms with Gasteiger partial charge in [-0.3, -0.25) is 9.59 Å². The quantitative estimate of drug-likeness (QED) is 0.442. The van der Waals surface area contributed by atoms with Gasteiger partial charge in [0.05, 0.1) is 13.7 Å². The molecule has 0 heterocycles. The molecule has 0 aliphatic rings. The predicted molar refractivity (Wildman–Crippen MR) is 67.7 cm³/mol. The van der Waals surface area contributed by atoms with Crippen LogP contribution in [-0.2, 0) is 9.53 Å². The summed E-state index contributed by atoms with van der Waals surface area (Å²) in [4.78, 5) is 23.8. The molecule has 0 amide bonds. The summed E-state index contributed by atoms with van der Waals surface area (Å²) in [6.45, 7) is 3.80. The molecule has 18 heavy (non-hydrogen) atoms. The molecule has 0 aromatic heterocycles. The van der Waals surface area contributed by atoms with E-state index in [2.05, 4.69) is 0 Å². The lowest BCUT2D eigenvalue weighted by Crippen LogP contribution is -2.25. The van der Waals surface area contributed by atoms with Crippen molar-refractivity contribution in [2.24, 2.45) is 5.92 Å². The molecule has 4 nitrogen and oxygen atoms in total. The van der Waals surface area contributed by atoms with Gasteiger partial charge < -0.3 is 9.47 Å². The summed E-state index contributed by atoms with van der Waals surface area (Å²) >= 11 is 0. The number of hydrogen-bond donors (Lipinski definition) is 0. The Kier molecular flexibility index (Phi) is 5.36. The van der Waals surface area contributed by atoms with E-state index < -0.39 is 11.9 Å². The number of carbonyl (C=O) groups excluding carboxylic acids is 2. The molecule has 4 heteroatoms. The minimum absolute atomic E-state index is 0.210. The fourth-order valence-corrected chi connectivity index (χ4v) is 1.66. The summed E-state index contributed by atoms with van der Waals surface area (Å²) in [6.07, 6.45) is 0.434. The Morgan fingerprint density at radius 1 is 1.17 bits per heavy atom. The van der Waals surface area contributed by atoms with E-state index in [1.165, 1.54) is 0 Å². The molecule has 0 aliphatic carbocycles. The van der Waals surface area contributed by atoms with E-state index in [1.807, 2.05) is 0 Å². The van der Waals surface area contributed by atoms with Crippen LogP contribution in [0.4, 0.5) is 0 Å². The number of rotatable bonds is 6. The molecule has 0 spiro atoms. The van der Waals surface area contributed by atoms with Gasteiger partial charge in [0, 0.05) is 5.56 Å². The van der Waals surface area contributed by atoms with E-state index in [-0.39, 0.29) is 12.4 Å². The maximum absolute atomic E-state index is 12.2. The largest absolute Gasteiger partial charge is 0.497 e. The van der Waals surface area contributed by atoms with Crippen molar-refractivity contribution < 1.29 is 19.1 Å². The van der Waals surface area contributed by atoms with E-state index in [0.29, 0.717) is 17.7 Å². The Balaban J connectivity index is 2.85. The Hall–Kier alpha value is -1.84. The van der Waals surface area contributed by atoms with E-state index in [4.69, 9.17) is 9.47 Å². The van der Waals surface area contributed by atoms with E-state index in [9.17, 15) is 9.59 Å². The van der Waals surface area contributed by atoms with Crippen LogP contribution >= 0.6 is 0 Å². The van der Waals surface area contributed by atoms with Crippen molar-refractivity contribution in [1.82, 2.24) is 0 Å². The molecule has 1 atom stereocenters. The smallest absolute Gasteiger partial charge is 0.316 e. The highest BCUT2D eigenvalue weighted by molar-refractivity contribution is 6.08. The van der Waals surface area contributed by atoms with Gasteiger partial charge in [-0.05, 0) is 37.6 Å². The SMILES string of the molecule is CCOC(=O)C(CC)C(=O)c1ccc(OC)cc1. The highest BCUT2D eigenvalue weighted by Crippen LogP contribution is 2.17. The lowest BCUT2D eigenvalue weighted by atomic mass is 9.95. The first kappa shape index (κ1) is 14.2. The first-order valence-corrected chi connectivity index (χ1v) is 5.98. The van der Waals surface area contributed by atoms with Gasteiger partial charge in [-0.25, -0.2) is 0 Å². The van der Waals surface area contributed by atoms with Crippen LogP contribution in [0.3, 0.4) is 0 Å². The third kappa shape index (κ3) is 3.32. The van der Waals surface area contributed by atoms with Crippen molar-refractivity contribution in [2.75, 3.05) is 13.7 Å². The van der Waals surface area contributed by atoms with Gasteiger partial charge in [0.2, 0.25) is 0 Å². The molecule has 0 fully saturated rings. The second-order valence-corrected chi connectivity index (χ2v) is 3.81. The molecule has 1 rings (SSSR count). The molecule has 1 aromatic rings. The zero-order valence-electron chi connectivity index (χ0n) is 10.9. The summed E-state index contributed by atoms with van der Waals surface area (Å²) in [5.41, 5.74) is 0.496.